The van der Waals surface area contributed by atoms with Crippen molar-refractivity contribution in [2.24, 2.45) is 10.9 Å². The molecule has 0 aromatic heterocycles. The van der Waals surface area contributed by atoms with Gasteiger partial charge in [0.2, 0.25) is 0 Å². The van der Waals surface area contributed by atoms with Gasteiger partial charge in [-0.15, -0.1) is 22.7 Å². The van der Waals surface area contributed by atoms with Crippen LogP contribution in [-0.2, 0) is 0 Å². The molecule has 0 radical (unpaired) electrons. The molecule has 0 aromatic rings. The summed E-state index contributed by atoms with van der Waals surface area (Å²) in [6.45, 7) is 1.79. The number of rotatable bonds is 6. The van der Waals surface area contributed by atoms with E-state index in [-0.39, 0.29) is 18.4 Å². The highest BCUT2D eigenvalue weighted by molar-refractivity contribution is 7.13. The molecule has 0 saturated heterocycles. The number of fused-ring (bicyclic) bond motifs is 2. The molecule has 0 bridgehead atoms. The smallest absolute Gasteiger partial charge is 0.116 e. The molecule has 0 fully saturated rings. The SMILES string of the molecule is CC(CO)C(O)C1(C(c2ccc3scccc2-3)c2ccc3scccc2-3)C=CC=N1. The fraction of sp³-hybridized carbons (Fsp3) is 0.240. The third-order valence-electron chi connectivity index (χ3n) is 6.19. The normalized spacial score (nSPS) is 20.5. The zero-order chi connectivity index (χ0) is 20.7. The highest BCUT2D eigenvalue weighted by atomic mass is 32.1. The zero-order valence-electron chi connectivity index (χ0n) is 16.6. The molecular formula is C25H23NO2S2. The van der Waals surface area contributed by atoms with Crippen LogP contribution >= 0.6 is 22.7 Å². The summed E-state index contributed by atoms with van der Waals surface area (Å²) in [5.41, 5.74) is 3.85. The predicted molar refractivity (Wildman–Crippen MR) is 126 cm³/mol. The Morgan fingerprint density at radius 2 is 1.53 bits per heavy atom. The van der Waals surface area contributed by atoms with Gasteiger partial charge in [0.1, 0.15) is 5.54 Å². The Labute approximate surface area is 184 Å². The molecule has 3 atom stereocenters. The molecule has 0 amide bonds. The number of hydrogen-bond donors (Lipinski definition) is 2. The number of nitrogens with zero attached hydrogens (tertiary/aromatic N) is 1. The zero-order valence-corrected chi connectivity index (χ0v) is 18.2. The quantitative estimate of drug-likeness (QED) is 0.421. The van der Waals surface area contributed by atoms with E-state index < -0.39 is 11.6 Å². The molecule has 30 heavy (non-hydrogen) atoms. The summed E-state index contributed by atoms with van der Waals surface area (Å²) in [5, 5.41) is 25.5. The van der Waals surface area contributed by atoms with Crippen LogP contribution in [0.3, 0.4) is 0 Å². The molecule has 3 unspecified atom stereocenters. The average Bonchev–Trinajstić information content (AvgIpc) is 3.53. The van der Waals surface area contributed by atoms with E-state index in [0.717, 1.165) is 11.1 Å². The maximum Gasteiger partial charge on any atom is 0.116 e. The van der Waals surface area contributed by atoms with E-state index in [2.05, 4.69) is 59.3 Å². The van der Waals surface area contributed by atoms with Crippen LogP contribution in [0.5, 0.6) is 0 Å². The summed E-state index contributed by atoms with van der Waals surface area (Å²) in [5.74, 6) is -0.476. The van der Waals surface area contributed by atoms with Gasteiger partial charge in [0, 0.05) is 34.4 Å². The minimum Gasteiger partial charge on any atom is -0.396 e. The molecule has 152 valence electrons. The maximum atomic E-state index is 11.5. The van der Waals surface area contributed by atoms with Crippen LogP contribution in [0, 0.1) is 5.92 Å². The molecule has 5 heteroatoms. The Bertz CT molecular complexity index is 1080. The summed E-state index contributed by atoms with van der Waals surface area (Å²) < 4.78 is 0. The van der Waals surface area contributed by atoms with Gasteiger partial charge in [-0.3, -0.25) is 4.99 Å². The lowest BCUT2D eigenvalue weighted by atomic mass is 9.69. The third kappa shape index (κ3) is 2.96. The van der Waals surface area contributed by atoms with E-state index in [1.807, 2.05) is 19.1 Å². The summed E-state index contributed by atoms with van der Waals surface area (Å²) in [6.07, 6.45) is 4.89. The average molecular weight is 434 g/mol. The van der Waals surface area contributed by atoms with Gasteiger partial charge in [0.05, 0.1) is 6.10 Å². The molecule has 3 nitrogen and oxygen atoms in total. The van der Waals surface area contributed by atoms with Crippen LogP contribution in [0.15, 0.2) is 76.4 Å². The lowest BCUT2D eigenvalue weighted by molar-refractivity contribution is 0.0288. The lowest BCUT2D eigenvalue weighted by Crippen LogP contribution is -2.48. The lowest BCUT2D eigenvalue weighted by Gasteiger charge is -2.40. The Morgan fingerprint density at radius 1 is 0.933 bits per heavy atom. The minimum absolute atomic E-state index is 0.0906. The molecule has 0 aromatic carbocycles. The number of hydrogen-bond acceptors (Lipinski definition) is 5. The monoisotopic (exact) mass is 433 g/mol. The van der Waals surface area contributed by atoms with Gasteiger partial charge in [0.25, 0.3) is 0 Å². The van der Waals surface area contributed by atoms with Crippen molar-refractivity contribution in [3.05, 3.63) is 82.6 Å². The molecule has 5 rings (SSSR count). The van der Waals surface area contributed by atoms with Crippen molar-refractivity contribution in [2.45, 2.75) is 24.5 Å². The summed E-state index contributed by atoms with van der Waals surface area (Å²) in [6, 6.07) is 17.1. The number of aliphatic imine (C=N–C) groups is 1. The number of aliphatic hydroxyl groups excluding tert-OH is 2. The van der Waals surface area contributed by atoms with Crippen LogP contribution in [0.2, 0.25) is 0 Å². The molecule has 2 aliphatic carbocycles. The standard InChI is InChI=1S/C25H23NO2S2/c1-16(15-27)24(28)25(11-4-12-26-25)23(19-7-9-21-17(19)5-2-13-29-21)20-8-10-22-18(20)6-3-14-30-22/h2-14,16,23-24,27-28H,15H2,1H3. The molecule has 3 heterocycles. The number of aliphatic hydroxyl groups is 2. The van der Waals surface area contributed by atoms with Gasteiger partial charge in [0.15, 0.2) is 0 Å². The van der Waals surface area contributed by atoms with Gasteiger partial charge < -0.3 is 10.2 Å². The largest absolute Gasteiger partial charge is 0.396 e. The molecule has 5 aliphatic rings. The summed E-state index contributed by atoms with van der Waals surface area (Å²) in [7, 11) is 0. The van der Waals surface area contributed by atoms with E-state index in [9.17, 15) is 10.2 Å². The van der Waals surface area contributed by atoms with Gasteiger partial charge in [-0.2, -0.15) is 0 Å². The van der Waals surface area contributed by atoms with Gasteiger partial charge in [-0.1, -0.05) is 49.4 Å². The van der Waals surface area contributed by atoms with Crippen molar-refractivity contribution < 1.29 is 10.2 Å². The van der Waals surface area contributed by atoms with Crippen molar-refractivity contribution in [1.82, 2.24) is 0 Å². The van der Waals surface area contributed by atoms with Crippen LogP contribution in [0.25, 0.3) is 20.9 Å². The first kappa shape index (κ1) is 19.6. The molecule has 0 saturated carbocycles. The van der Waals surface area contributed by atoms with E-state index in [4.69, 9.17) is 4.99 Å². The van der Waals surface area contributed by atoms with Crippen LogP contribution in [-0.4, -0.2) is 34.7 Å². The maximum absolute atomic E-state index is 11.5. The van der Waals surface area contributed by atoms with Gasteiger partial charge in [-0.25, -0.2) is 0 Å². The molecule has 0 spiro atoms. The third-order valence-corrected chi connectivity index (χ3v) is 7.99. The van der Waals surface area contributed by atoms with Crippen molar-refractivity contribution in [1.29, 1.82) is 0 Å². The number of allylic oxidation sites excluding steroid dienone is 1. The van der Waals surface area contributed by atoms with Crippen LogP contribution in [0.4, 0.5) is 0 Å². The highest BCUT2D eigenvalue weighted by Crippen LogP contribution is 2.51. The van der Waals surface area contributed by atoms with Crippen molar-refractivity contribution in [3.8, 4) is 20.9 Å². The fourth-order valence-corrected chi connectivity index (χ4v) is 6.21. The second-order valence-corrected chi connectivity index (χ2v) is 9.82. The van der Waals surface area contributed by atoms with E-state index >= 15 is 0 Å². The van der Waals surface area contributed by atoms with Crippen molar-refractivity contribution >= 4 is 28.9 Å². The van der Waals surface area contributed by atoms with Crippen LogP contribution in [0.1, 0.15) is 24.0 Å². The summed E-state index contributed by atoms with van der Waals surface area (Å²) in [4.78, 5) is 7.32. The highest BCUT2D eigenvalue weighted by Gasteiger charge is 2.49. The Morgan fingerprint density at radius 3 is 2.03 bits per heavy atom. The van der Waals surface area contributed by atoms with Gasteiger partial charge in [-0.05, 0) is 51.2 Å². The molecule has 2 N–H and O–H groups in total. The Hall–Kier alpha value is -2.31. The van der Waals surface area contributed by atoms with Gasteiger partial charge >= 0.3 is 0 Å². The first-order chi connectivity index (χ1) is 14.7. The first-order valence-electron chi connectivity index (χ1n) is 10.1. The molecular weight excluding hydrogens is 410 g/mol. The van der Waals surface area contributed by atoms with E-state index in [1.165, 1.54) is 20.9 Å². The van der Waals surface area contributed by atoms with E-state index in [0.29, 0.717) is 0 Å². The molecule has 3 aliphatic heterocycles. The van der Waals surface area contributed by atoms with Crippen LogP contribution < -0.4 is 0 Å². The second kappa shape index (κ2) is 7.75. The first-order valence-corrected chi connectivity index (χ1v) is 11.9. The topological polar surface area (TPSA) is 52.8 Å². The Balaban J connectivity index is 1.77. The van der Waals surface area contributed by atoms with Crippen molar-refractivity contribution in [3.63, 3.8) is 0 Å². The Kier molecular flexibility index (Phi) is 5.07. The second-order valence-electron chi connectivity index (χ2n) is 7.92. The minimum atomic E-state index is -0.869. The van der Waals surface area contributed by atoms with E-state index in [1.54, 1.807) is 28.9 Å². The fourth-order valence-electron chi connectivity index (χ4n) is 4.69. The predicted octanol–water partition coefficient (Wildman–Crippen LogP) is 5.52. The van der Waals surface area contributed by atoms with Crippen molar-refractivity contribution in [2.75, 3.05) is 6.61 Å². The summed E-state index contributed by atoms with van der Waals surface area (Å²) >= 11 is 3.44.